The first-order valence-electron chi connectivity index (χ1n) is 8.10. The van der Waals surface area contributed by atoms with Crippen LogP contribution in [0.2, 0.25) is 0 Å². The summed E-state index contributed by atoms with van der Waals surface area (Å²) in [5.41, 5.74) is 9.09. The molecule has 0 spiro atoms. The van der Waals surface area contributed by atoms with Gasteiger partial charge in [-0.1, -0.05) is 0 Å². The van der Waals surface area contributed by atoms with E-state index in [9.17, 15) is 4.79 Å². The van der Waals surface area contributed by atoms with Crippen LogP contribution in [0.1, 0.15) is 12.5 Å². The van der Waals surface area contributed by atoms with Crippen LogP contribution < -0.4 is 11.1 Å². The van der Waals surface area contributed by atoms with E-state index in [0.717, 1.165) is 27.5 Å². The molecule has 0 aliphatic heterocycles. The van der Waals surface area contributed by atoms with Gasteiger partial charge in [-0.25, -0.2) is 0 Å². The Hall–Kier alpha value is -3.54. The van der Waals surface area contributed by atoms with Gasteiger partial charge in [-0.2, -0.15) is 0 Å². The minimum atomic E-state index is -0.0577. The van der Waals surface area contributed by atoms with Crippen LogP contribution in [0.3, 0.4) is 0 Å². The third-order valence-electron chi connectivity index (χ3n) is 3.78. The highest BCUT2D eigenvalue weighted by Crippen LogP contribution is 2.22. The van der Waals surface area contributed by atoms with Crippen molar-refractivity contribution < 1.29 is 4.79 Å². The van der Waals surface area contributed by atoms with E-state index in [1.807, 2.05) is 37.3 Å². The summed E-state index contributed by atoms with van der Waals surface area (Å²) in [7, 11) is 0. The van der Waals surface area contributed by atoms with Crippen molar-refractivity contribution in [2.24, 2.45) is 0 Å². The molecule has 4 rings (SSSR count). The van der Waals surface area contributed by atoms with Crippen molar-refractivity contribution in [3.63, 3.8) is 0 Å². The van der Waals surface area contributed by atoms with Gasteiger partial charge < -0.3 is 11.1 Å². The molecule has 0 radical (unpaired) electrons. The van der Waals surface area contributed by atoms with Crippen molar-refractivity contribution >= 4 is 39.0 Å². The molecule has 1 amide bonds. The number of nitrogens with two attached hydrogens (primary N) is 1. The van der Waals surface area contributed by atoms with Crippen LogP contribution in [0.4, 0.5) is 11.4 Å². The van der Waals surface area contributed by atoms with Gasteiger partial charge in [0, 0.05) is 48.2 Å². The van der Waals surface area contributed by atoms with Gasteiger partial charge in [-0.05, 0) is 48.2 Å². The molecule has 0 unspecified atom stereocenters. The summed E-state index contributed by atoms with van der Waals surface area (Å²) < 4.78 is 0. The molecule has 0 aliphatic rings. The van der Waals surface area contributed by atoms with Crippen LogP contribution in [0.15, 0.2) is 61.3 Å². The van der Waals surface area contributed by atoms with Gasteiger partial charge in [0.2, 0.25) is 5.91 Å². The largest absolute Gasteiger partial charge is 0.397 e. The lowest BCUT2D eigenvalue weighted by Gasteiger charge is -2.06. The molecule has 0 bridgehead atoms. The molecule has 130 valence electrons. The number of pyridine rings is 3. The molecule has 0 atom stereocenters. The molecule has 4 aromatic rings. The number of nitrogens with one attached hydrogen (secondary N) is 1. The number of carbonyl (C=O) groups excluding carboxylic acids is 1. The first-order chi connectivity index (χ1) is 12.5. The molecular weight excluding hydrogens is 326 g/mol. The minimum Gasteiger partial charge on any atom is -0.397 e. The molecule has 0 aliphatic carbocycles. The molecule has 3 heterocycles. The Bertz CT molecular complexity index is 1080. The van der Waals surface area contributed by atoms with Crippen LogP contribution >= 0.6 is 0 Å². The first-order valence-corrected chi connectivity index (χ1v) is 8.10. The van der Waals surface area contributed by atoms with Crippen LogP contribution in [-0.2, 0) is 4.79 Å². The first kappa shape index (κ1) is 17.3. The minimum absolute atomic E-state index is 0.0577. The number of aryl methyl sites for hydroxylation is 1. The van der Waals surface area contributed by atoms with Gasteiger partial charge in [-0.3, -0.25) is 19.7 Å². The summed E-state index contributed by atoms with van der Waals surface area (Å²) >= 11 is 0. The van der Waals surface area contributed by atoms with E-state index in [4.69, 9.17) is 5.73 Å². The van der Waals surface area contributed by atoms with Crippen molar-refractivity contribution in [1.29, 1.82) is 0 Å². The zero-order valence-corrected chi connectivity index (χ0v) is 14.6. The number of hydrogen-bond donors (Lipinski definition) is 2. The highest BCUT2D eigenvalue weighted by Gasteiger charge is 2.01. The van der Waals surface area contributed by atoms with Gasteiger partial charge in [0.05, 0.1) is 17.4 Å². The third kappa shape index (κ3) is 4.10. The number of hydrogen-bond acceptors (Lipinski definition) is 5. The van der Waals surface area contributed by atoms with E-state index in [2.05, 4.69) is 20.3 Å². The summed E-state index contributed by atoms with van der Waals surface area (Å²) in [5.74, 6) is -0.0577. The number of nitrogens with zero attached hydrogens (tertiary/aromatic N) is 3. The number of fused-ring (bicyclic) bond motifs is 2. The fourth-order valence-corrected chi connectivity index (χ4v) is 2.67. The molecule has 6 nitrogen and oxygen atoms in total. The molecule has 3 aromatic heterocycles. The highest BCUT2D eigenvalue weighted by atomic mass is 16.1. The van der Waals surface area contributed by atoms with Crippen LogP contribution in [0, 0.1) is 6.92 Å². The topological polar surface area (TPSA) is 93.8 Å². The fraction of sp³-hybridized carbons (Fsp3) is 0.100. The maximum absolute atomic E-state index is 10.9. The van der Waals surface area contributed by atoms with Gasteiger partial charge >= 0.3 is 0 Å². The number of rotatable bonds is 1. The number of amides is 1. The highest BCUT2D eigenvalue weighted by molar-refractivity contribution is 5.94. The Labute approximate surface area is 151 Å². The lowest BCUT2D eigenvalue weighted by molar-refractivity contribution is -0.114. The molecule has 26 heavy (non-hydrogen) atoms. The lowest BCUT2D eigenvalue weighted by atomic mass is 10.1. The Morgan fingerprint density at radius 2 is 1.73 bits per heavy atom. The van der Waals surface area contributed by atoms with Gasteiger partial charge in [-0.15, -0.1) is 0 Å². The van der Waals surface area contributed by atoms with Crippen LogP contribution in [0.25, 0.3) is 21.7 Å². The van der Waals surface area contributed by atoms with Crippen LogP contribution in [0.5, 0.6) is 0 Å². The molecular formula is C20H19N5O. The van der Waals surface area contributed by atoms with E-state index in [1.165, 1.54) is 12.3 Å². The summed E-state index contributed by atoms with van der Waals surface area (Å²) in [5, 5.41) is 5.96. The average molecular weight is 345 g/mol. The van der Waals surface area contributed by atoms with Crippen molar-refractivity contribution in [3.8, 4) is 0 Å². The number of carbonyl (C=O) groups is 1. The van der Waals surface area contributed by atoms with Crippen molar-refractivity contribution in [3.05, 3.63) is 66.9 Å². The van der Waals surface area contributed by atoms with Gasteiger partial charge in [0.1, 0.15) is 0 Å². The maximum atomic E-state index is 10.9. The number of aromatic nitrogens is 3. The number of nitrogen functional groups attached to an aromatic ring is 1. The summed E-state index contributed by atoms with van der Waals surface area (Å²) in [6, 6.07) is 9.58. The predicted octanol–water partition coefficient (Wildman–Crippen LogP) is 3.71. The quantitative estimate of drug-likeness (QED) is 0.548. The average Bonchev–Trinajstić information content (AvgIpc) is 2.62. The predicted molar refractivity (Wildman–Crippen MR) is 105 cm³/mol. The monoisotopic (exact) mass is 345 g/mol. The van der Waals surface area contributed by atoms with Crippen molar-refractivity contribution in [2.75, 3.05) is 11.1 Å². The zero-order chi connectivity index (χ0) is 18.5. The lowest BCUT2D eigenvalue weighted by Crippen LogP contribution is -2.05. The second-order valence-electron chi connectivity index (χ2n) is 5.91. The summed E-state index contributed by atoms with van der Waals surface area (Å²) in [6.45, 7) is 3.52. The van der Waals surface area contributed by atoms with Gasteiger partial charge in [0.15, 0.2) is 0 Å². The van der Waals surface area contributed by atoms with Gasteiger partial charge in [0.25, 0.3) is 0 Å². The van der Waals surface area contributed by atoms with E-state index in [0.29, 0.717) is 5.69 Å². The van der Waals surface area contributed by atoms with E-state index in [1.54, 1.807) is 31.0 Å². The standard InChI is InChI=1S/C12H12N2O.C8H7N3/c1-8-5-11(14-9(2)15)6-10-7-13-4-3-12(8)10;9-7-3-6-4-10-2-1-8(6)11-5-7/h3-7H,1-2H3,(H,14,15);1-5H,9H2. The maximum Gasteiger partial charge on any atom is 0.221 e. The molecule has 3 N–H and O–H groups in total. The molecule has 0 saturated carbocycles. The Kier molecular flexibility index (Phi) is 5.03. The van der Waals surface area contributed by atoms with Crippen LogP contribution in [-0.4, -0.2) is 20.9 Å². The Balaban J connectivity index is 0.000000158. The smallest absolute Gasteiger partial charge is 0.221 e. The molecule has 1 aromatic carbocycles. The SMILES string of the molecule is CC(=O)Nc1cc(C)c2ccncc2c1.Nc1cnc2ccncc2c1. The van der Waals surface area contributed by atoms with E-state index in [-0.39, 0.29) is 5.91 Å². The number of benzene rings is 1. The zero-order valence-electron chi connectivity index (χ0n) is 14.6. The second kappa shape index (κ2) is 7.57. The van der Waals surface area contributed by atoms with Crippen molar-refractivity contribution in [1.82, 2.24) is 15.0 Å². The normalized spacial score (nSPS) is 10.2. The Morgan fingerprint density at radius 1 is 1.00 bits per heavy atom. The fourth-order valence-electron chi connectivity index (χ4n) is 2.67. The summed E-state index contributed by atoms with van der Waals surface area (Å²) in [4.78, 5) is 23.1. The number of anilines is 2. The Morgan fingerprint density at radius 3 is 2.50 bits per heavy atom. The second-order valence-corrected chi connectivity index (χ2v) is 5.91. The van der Waals surface area contributed by atoms with Crippen molar-refractivity contribution in [2.45, 2.75) is 13.8 Å². The molecule has 0 saturated heterocycles. The molecule has 0 fully saturated rings. The third-order valence-corrected chi connectivity index (χ3v) is 3.78. The summed E-state index contributed by atoms with van der Waals surface area (Å²) in [6.07, 6.45) is 8.67. The van der Waals surface area contributed by atoms with E-state index < -0.39 is 0 Å². The molecule has 6 heteroatoms. The van der Waals surface area contributed by atoms with E-state index >= 15 is 0 Å².